The highest BCUT2D eigenvalue weighted by molar-refractivity contribution is 5.66. The van der Waals surface area contributed by atoms with Gasteiger partial charge in [-0.15, -0.1) is 0 Å². The van der Waals surface area contributed by atoms with Crippen LogP contribution in [-0.2, 0) is 9.53 Å². The van der Waals surface area contributed by atoms with Crippen molar-refractivity contribution in [1.82, 2.24) is 5.43 Å². The summed E-state index contributed by atoms with van der Waals surface area (Å²) in [5.74, 6) is 4.08. The van der Waals surface area contributed by atoms with Crippen LogP contribution in [0.5, 0.6) is 0 Å². The molecule has 0 fully saturated rings. The lowest BCUT2D eigenvalue weighted by Gasteiger charge is -1.99. The fraction of sp³-hybridized carbons (Fsp3) is 0.800. The van der Waals surface area contributed by atoms with Crippen molar-refractivity contribution in [3.8, 4) is 0 Å². The van der Waals surface area contributed by atoms with Crippen LogP contribution in [-0.4, -0.2) is 30.8 Å². The van der Waals surface area contributed by atoms with E-state index in [0.717, 1.165) is 0 Å². The Hall–Kier alpha value is -0.650. The van der Waals surface area contributed by atoms with Crippen LogP contribution in [0.1, 0.15) is 6.42 Å². The van der Waals surface area contributed by atoms with E-state index in [1.807, 2.05) is 0 Å². The molecule has 4 N–H and O–H groups in total. The lowest BCUT2D eigenvalue weighted by molar-refractivity contribution is -0.138. The Morgan fingerprint density at radius 3 is 2.80 bits per heavy atom. The van der Waals surface area contributed by atoms with Crippen LogP contribution in [0.2, 0.25) is 0 Å². The van der Waals surface area contributed by atoms with Crippen molar-refractivity contribution in [2.45, 2.75) is 6.42 Å². The summed E-state index contributed by atoms with van der Waals surface area (Å²) in [5, 5.41) is 8.15. The second kappa shape index (κ2) is 6.47. The van der Waals surface area contributed by atoms with Crippen LogP contribution < -0.4 is 11.3 Å². The number of aliphatic carboxylic acids is 1. The summed E-state index contributed by atoms with van der Waals surface area (Å²) < 4.78 is 4.86. The van der Waals surface area contributed by atoms with Crippen LogP contribution in [0.3, 0.4) is 0 Å². The number of carbonyl (C=O) groups is 1. The fourth-order valence-electron chi connectivity index (χ4n) is 0.393. The van der Waals surface area contributed by atoms with Gasteiger partial charge in [0.15, 0.2) is 0 Å². The van der Waals surface area contributed by atoms with Gasteiger partial charge in [-0.25, -0.2) is 0 Å². The summed E-state index contributed by atoms with van der Waals surface area (Å²) in [5.41, 5.74) is 2.38. The zero-order valence-electron chi connectivity index (χ0n) is 5.67. The molecule has 0 saturated heterocycles. The molecule has 0 aliphatic carbocycles. The number of rotatable bonds is 6. The zero-order chi connectivity index (χ0) is 7.82. The first-order valence-electron chi connectivity index (χ1n) is 3.00. The van der Waals surface area contributed by atoms with E-state index in [1.165, 1.54) is 0 Å². The maximum absolute atomic E-state index is 9.91. The van der Waals surface area contributed by atoms with Crippen LogP contribution in [0, 0.1) is 0 Å². The average Bonchev–Trinajstić information content (AvgIpc) is 1.87. The summed E-state index contributed by atoms with van der Waals surface area (Å²) in [7, 11) is 0. The number of hydrazine groups is 1. The Morgan fingerprint density at radius 2 is 2.30 bits per heavy atom. The van der Waals surface area contributed by atoms with Gasteiger partial charge in [0.1, 0.15) is 0 Å². The number of nitrogens with one attached hydrogen (secondary N) is 1. The molecule has 0 aliphatic heterocycles. The average molecular weight is 148 g/mol. The van der Waals surface area contributed by atoms with Gasteiger partial charge in [-0.3, -0.25) is 16.1 Å². The van der Waals surface area contributed by atoms with Crippen molar-refractivity contribution in [2.75, 3.05) is 19.8 Å². The number of hydrogen-bond donors (Lipinski definition) is 3. The normalized spacial score (nSPS) is 9.70. The highest BCUT2D eigenvalue weighted by Crippen LogP contribution is 1.80. The lowest BCUT2D eigenvalue weighted by atomic mass is 10.5. The summed E-state index contributed by atoms with van der Waals surface area (Å²) in [6.45, 7) is 1.24. The topological polar surface area (TPSA) is 84.6 Å². The zero-order valence-corrected chi connectivity index (χ0v) is 5.67. The van der Waals surface area contributed by atoms with E-state index in [4.69, 9.17) is 15.7 Å². The van der Waals surface area contributed by atoms with E-state index < -0.39 is 5.97 Å². The lowest BCUT2D eigenvalue weighted by Crippen LogP contribution is -2.26. The molecule has 0 aliphatic rings. The molecule has 0 saturated carbocycles. The molecule has 5 nitrogen and oxygen atoms in total. The molecule has 10 heavy (non-hydrogen) atoms. The number of carboxylic acids is 1. The third kappa shape index (κ3) is 7.35. The van der Waals surface area contributed by atoms with Crippen molar-refractivity contribution < 1.29 is 14.6 Å². The fourth-order valence-corrected chi connectivity index (χ4v) is 0.393. The first-order chi connectivity index (χ1) is 4.77. The van der Waals surface area contributed by atoms with E-state index in [2.05, 4.69) is 5.43 Å². The summed E-state index contributed by atoms with van der Waals surface area (Å²) in [6, 6.07) is 0. The molecule has 0 heterocycles. The number of carboxylic acid groups (broad SMARTS) is 1. The Kier molecular flexibility index (Phi) is 6.05. The molecule has 0 radical (unpaired) electrons. The predicted octanol–water partition coefficient (Wildman–Crippen LogP) is -1.06. The van der Waals surface area contributed by atoms with E-state index in [1.54, 1.807) is 0 Å². The quantitative estimate of drug-likeness (QED) is 0.254. The number of hydrogen-bond acceptors (Lipinski definition) is 4. The minimum absolute atomic E-state index is 0.0462. The molecule has 0 bridgehead atoms. The molecule has 0 rings (SSSR count). The Balaban J connectivity index is 2.84. The SMILES string of the molecule is NNCCOCCC(=O)O. The van der Waals surface area contributed by atoms with Crippen molar-refractivity contribution in [1.29, 1.82) is 0 Å². The van der Waals surface area contributed by atoms with Crippen molar-refractivity contribution in [2.24, 2.45) is 5.84 Å². The minimum atomic E-state index is -0.847. The molecule has 5 heteroatoms. The molecule has 0 spiro atoms. The Bertz CT molecular complexity index is 96.9. The minimum Gasteiger partial charge on any atom is -0.481 e. The molecule has 0 aromatic rings. The molecule has 0 aromatic carbocycles. The highest BCUT2D eigenvalue weighted by Gasteiger charge is 1.94. The van der Waals surface area contributed by atoms with Crippen LogP contribution in [0.4, 0.5) is 0 Å². The first-order valence-corrected chi connectivity index (χ1v) is 3.00. The predicted molar refractivity (Wildman–Crippen MR) is 35.3 cm³/mol. The van der Waals surface area contributed by atoms with Gasteiger partial charge >= 0.3 is 5.97 Å². The molecule has 60 valence electrons. The van der Waals surface area contributed by atoms with Crippen molar-refractivity contribution >= 4 is 5.97 Å². The largest absolute Gasteiger partial charge is 0.481 e. The standard InChI is InChI=1S/C5H12N2O3/c6-7-2-4-10-3-1-5(8)9/h7H,1-4,6H2,(H,8,9). The number of ether oxygens (including phenoxy) is 1. The van der Waals surface area contributed by atoms with E-state index in [0.29, 0.717) is 13.2 Å². The van der Waals surface area contributed by atoms with E-state index >= 15 is 0 Å². The smallest absolute Gasteiger partial charge is 0.305 e. The van der Waals surface area contributed by atoms with Gasteiger partial charge in [-0.2, -0.15) is 0 Å². The van der Waals surface area contributed by atoms with E-state index in [9.17, 15) is 4.79 Å². The molecular weight excluding hydrogens is 136 g/mol. The van der Waals surface area contributed by atoms with Crippen LogP contribution in [0.25, 0.3) is 0 Å². The maximum atomic E-state index is 9.91. The maximum Gasteiger partial charge on any atom is 0.305 e. The van der Waals surface area contributed by atoms with Gasteiger partial charge in [-0.05, 0) is 0 Å². The van der Waals surface area contributed by atoms with Gasteiger partial charge in [-0.1, -0.05) is 0 Å². The second-order valence-electron chi connectivity index (χ2n) is 1.71. The second-order valence-corrected chi connectivity index (χ2v) is 1.71. The van der Waals surface area contributed by atoms with Gasteiger partial charge < -0.3 is 9.84 Å². The first kappa shape index (κ1) is 9.35. The highest BCUT2D eigenvalue weighted by atomic mass is 16.5. The monoisotopic (exact) mass is 148 g/mol. The van der Waals surface area contributed by atoms with Crippen LogP contribution in [0.15, 0.2) is 0 Å². The third-order valence-electron chi connectivity index (χ3n) is 0.851. The molecule has 0 aromatic heterocycles. The van der Waals surface area contributed by atoms with Crippen molar-refractivity contribution in [3.63, 3.8) is 0 Å². The number of nitrogens with two attached hydrogens (primary N) is 1. The summed E-state index contributed by atoms with van der Waals surface area (Å²) in [4.78, 5) is 9.91. The summed E-state index contributed by atoms with van der Waals surface area (Å²) in [6.07, 6.45) is 0.0462. The van der Waals surface area contributed by atoms with Crippen LogP contribution >= 0.6 is 0 Å². The van der Waals surface area contributed by atoms with Gasteiger partial charge in [0.25, 0.3) is 0 Å². The summed E-state index contributed by atoms with van der Waals surface area (Å²) >= 11 is 0. The molecular formula is C5H12N2O3. The Morgan fingerprint density at radius 1 is 1.60 bits per heavy atom. The van der Waals surface area contributed by atoms with Gasteiger partial charge in [0.2, 0.25) is 0 Å². The van der Waals surface area contributed by atoms with Gasteiger partial charge in [0, 0.05) is 6.54 Å². The van der Waals surface area contributed by atoms with Crippen molar-refractivity contribution in [3.05, 3.63) is 0 Å². The Labute approximate surface area is 59.1 Å². The molecule has 0 amide bonds. The molecule has 0 unspecified atom stereocenters. The molecule has 0 atom stereocenters. The van der Waals surface area contributed by atoms with Gasteiger partial charge in [0.05, 0.1) is 19.6 Å². The van der Waals surface area contributed by atoms with E-state index in [-0.39, 0.29) is 13.0 Å². The third-order valence-corrected chi connectivity index (χ3v) is 0.851.